The highest BCUT2D eigenvalue weighted by Crippen LogP contribution is 2.34. The molecule has 0 aliphatic carbocycles. The Kier molecular flexibility index (Phi) is 7.44. The summed E-state index contributed by atoms with van der Waals surface area (Å²) in [5.41, 5.74) is 0.196. The monoisotopic (exact) mass is 269 g/mol. The van der Waals surface area contributed by atoms with Gasteiger partial charge in [0.05, 0.1) is 13.2 Å². The van der Waals surface area contributed by atoms with Gasteiger partial charge in [-0.1, -0.05) is 46.5 Å². The molecule has 0 saturated carbocycles. The summed E-state index contributed by atoms with van der Waals surface area (Å²) >= 11 is 0. The maximum atomic E-state index is 12.4. The van der Waals surface area contributed by atoms with Gasteiger partial charge in [-0.15, -0.1) is 0 Å². The van der Waals surface area contributed by atoms with Crippen molar-refractivity contribution in [2.45, 2.75) is 65.7 Å². The molecule has 1 fully saturated rings. The zero-order valence-corrected chi connectivity index (χ0v) is 13.0. The van der Waals surface area contributed by atoms with E-state index in [0.29, 0.717) is 25.5 Å². The summed E-state index contributed by atoms with van der Waals surface area (Å²) in [7, 11) is 0. The predicted octanol–water partition coefficient (Wildman–Crippen LogP) is 3.62. The summed E-state index contributed by atoms with van der Waals surface area (Å²) in [5.74, 6) is 0.331. The summed E-state index contributed by atoms with van der Waals surface area (Å²) in [6.07, 6.45) is 7.97. The van der Waals surface area contributed by atoms with Crippen molar-refractivity contribution in [3.63, 3.8) is 0 Å². The molecule has 0 spiro atoms. The second-order valence-electron chi connectivity index (χ2n) is 6.19. The molecule has 0 aromatic rings. The number of hydrogen-bond donors (Lipinski definition) is 0. The number of unbranched alkanes of at least 4 members (excludes halogenated alkanes) is 2. The minimum atomic E-state index is 0.196. The van der Waals surface area contributed by atoms with Crippen LogP contribution in [-0.4, -0.2) is 37.1 Å². The van der Waals surface area contributed by atoms with Gasteiger partial charge >= 0.3 is 0 Å². The molecule has 0 aromatic carbocycles. The Labute approximate surface area is 118 Å². The Morgan fingerprint density at radius 1 is 1.11 bits per heavy atom. The highest BCUT2D eigenvalue weighted by Gasteiger charge is 2.29. The average Bonchev–Trinajstić information content (AvgIpc) is 2.44. The molecule has 1 aliphatic heterocycles. The van der Waals surface area contributed by atoms with Crippen LogP contribution in [0.3, 0.4) is 0 Å². The smallest absolute Gasteiger partial charge is 0.223 e. The zero-order chi connectivity index (χ0) is 14.1. The van der Waals surface area contributed by atoms with Gasteiger partial charge in [-0.3, -0.25) is 4.79 Å². The van der Waals surface area contributed by atoms with Crippen molar-refractivity contribution in [1.82, 2.24) is 4.90 Å². The third-order valence-electron chi connectivity index (χ3n) is 4.21. The summed E-state index contributed by atoms with van der Waals surface area (Å²) < 4.78 is 5.32. The van der Waals surface area contributed by atoms with Crippen molar-refractivity contribution < 1.29 is 9.53 Å². The number of carbonyl (C=O) groups is 1. The largest absolute Gasteiger partial charge is 0.378 e. The van der Waals surface area contributed by atoms with Crippen LogP contribution in [0.2, 0.25) is 0 Å². The van der Waals surface area contributed by atoms with Gasteiger partial charge in [0.25, 0.3) is 0 Å². The first-order chi connectivity index (χ1) is 9.11. The van der Waals surface area contributed by atoms with Crippen LogP contribution in [0.4, 0.5) is 0 Å². The minimum absolute atomic E-state index is 0.196. The van der Waals surface area contributed by atoms with E-state index in [1.165, 1.54) is 38.5 Å². The number of rotatable bonds is 8. The maximum Gasteiger partial charge on any atom is 0.223 e. The van der Waals surface area contributed by atoms with E-state index in [1.807, 2.05) is 4.90 Å². The Hall–Kier alpha value is -0.570. The second kappa shape index (κ2) is 8.57. The molecule has 1 aliphatic rings. The number of ether oxygens (including phenoxy) is 1. The third-order valence-corrected chi connectivity index (χ3v) is 4.21. The fourth-order valence-corrected chi connectivity index (χ4v) is 2.80. The van der Waals surface area contributed by atoms with E-state index < -0.39 is 0 Å². The molecular weight excluding hydrogens is 238 g/mol. The molecule has 0 bridgehead atoms. The number of carbonyl (C=O) groups excluding carboxylic acids is 1. The Bertz CT molecular complexity index is 251. The normalized spacial score (nSPS) is 16.7. The van der Waals surface area contributed by atoms with E-state index in [4.69, 9.17) is 4.74 Å². The molecule has 1 amide bonds. The van der Waals surface area contributed by atoms with Crippen LogP contribution in [0.1, 0.15) is 65.7 Å². The average molecular weight is 269 g/mol. The number of hydrogen-bond acceptors (Lipinski definition) is 2. The number of morpholine rings is 1. The van der Waals surface area contributed by atoms with Crippen LogP contribution in [0.5, 0.6) is 0 Å². The highest BCUT2D eigenvalue weighted by atomic mass is 16.5. The fourth-order valence-electron chi connectivity index (χ4n) is 2.80. The molecule has 1 rings (SSSR count). The Balaban J connectivity index is 2.51. The molecule has 0 unspecified atom stereocenters. The van der Waals surface area contributed by atoms with E-state index in [9.17, 15) is 4.79 Å². The molecule has 0 atom stereocenters. The molecule has 0 radical (unpaired) electrons. The molecule has 112 valence electrons. The van der Waals surface area contributed by atoms with Gasteiger partial charge in [-0.25, -0.2) is 0 Å². The van der Waals surface area contributed by atoms with Crippen LogP contribution in [-0.2, 0) is 9.53 Å². The van der Waals surface area contributed by atoms with Gasteiger partial charge in [0.1, 0.15) is 0 Å². The van der Waals surface area contributed by atoms with E-state index in [-0.39, 0.29) is 5.41 Å². The Morgan fingerprint density at radius 3 is 2.11 bits per heavy atom. The lowest BCUT2D eigenvalue weighted by atomic mass is 9.77. The van der Waals surface area contributed by atoms with Crippen molar-refractivity contribution >= 4 is 5.91 Å². The third kappa shape index (κ3) is 5.94. The molecule has 0 N–H and O–H groups in total. The van der Waals surface area contributed by atoms with Crippen molar-refractivity contribution in [1.29, 1.82) is 0 Å². The molecule has 0 aromatic heterocycles. The summed E-state index contributed by atoms with van der Waals surface area (Å²) in [5, 5.41) is 0. The first-order valence-corrected chi connectivity index (χ1v) is 7.97. The van der Waals surface area contributed by atoms with E-state index in [2.05, 4.69) is 20.8 Å². The zero-order valence-electron chi connectivity index (χ0n) is 13.0. The van der Waals surface area contributed by atoms with Gasteiger partial charge in [-0.2, -0.15) is 0 Å². The summed E-state index contributed by atoms with van der Waals surface area (Å²) in [6, 6.07) is 0. The molecule has 1 saturated heterocycles. The molecule has 19 heavy (non-hydrogen) atoms. The molecule has 3 heteroatoms. The van der Waals surface area contributed by atoms with Crippen molar-refractivity contribution in [2.24, 2.45) is 5.41 Å². The lowest BCUT2D eigenvalue weighted by Crippen LogP contribution is -2.42. The van der Waals surface area contributed by atoms with Crippen LogP contribution in [0, 0.1) is 5.41 Å². The predicted molar refractivity (Wildman–Crippen MR) is 79.2 cm³/mol. The fraction of sp³-hybridized carbons (Fsp3) is 0.938. The van der Waals surface area contributed by atoms with Crippen LogP contribution >= 0.6 is 0 Å². The van der Waals surface area contributed by atoms with Crippen molar-refractivity contribution in [3.8, 4) is 0 Å². The quantitative estimate of drug-likeness (QED) is 0.673. The van der Waals surface area contributed by atoms with Gasteiger partial charge in [0.15, 0.2) is 0 Å². The first kappa shape index (κ1) is 16.5. The summed E-state index contributed by atoms with van der Waals surface area (Å²) in [4.78, 5) is 14.4. The van der Waals surface area contributed by atoms with Gasteiger partial charge in [0.2, 0.25) is 5.91 Å². The van der Waals surface area contributed by atoms with Crippen LogP contribution in [0.15, 0.2) is 0 Å². The van der Waals surface area contributed by atoms with Crippen LogP contribution in [0.25, 0.3) is 0 Å². The topological polar surface area (TPSA) is 29.5 Å². The lowest BCUT2D eigenvalue weighted by Gasteiger charge is -2.33. The van der Waals surface area contributed by atoms with Gasteiger partial charge in [0, 0.05) is 19.5 Å². The molecular formula is C16H31NO2. The first-order valence-electron chi connectivity index (χ1n) is 7.97. The van der Waals surface area contributed by atoms with E-state index >= 15 is 0 Å². The van der Waals surface area contributed by atoms with Gasteiger partial charge < -0.3 is 9.64 Å². The number of nitrogens with zero attached hydrogens (tertiary/aromatic N) is 1. The SMILES string of the molecule is CCCCC(C)(CCCC)CC(=O)N1CCOCC1. The molecule has 3 nitrogen and oxygen atoms in total. The van der Waals surface area contributed by atoms with Crippen LogP contribution < -0.4 is 0 Å². The highest BCUT2D eigenvalue weighted by molar-refractivity contribution is 5.77. The lowest BCUT2D eigenvalue weighted by molar-refractivity contribution is -0.137. The number of amides is 1. The molecule has 1 heterocycles. The van der Waals surface area contributed by atoms with Crippen molar-refractivity contribution in [2.75, 3.05) is 26.3 Å². The summed E-state index contributed by atoms with van der Waals surface area (Å²) in [6.45, 7) is 9.70. The second-order valence-corrected chi connectivity index (χ2v) is 6.19. The van der Waals surface area contributed by atoms with Gasteiger partial charge in [-0.05, 0) is 18.3 Å². The maximum absolute atomic E-state index is 12.4. The van der Waals surface area contributed by atoms with E-state index in [1.54, 1.807) is 0 Å². The Morgan fingerprint density at radius 2 is 1.63 bits per heavy atom. The van der Waals surface area contributed by atoms with E-state index in [0.717, 1.165) is 13.1 Å². The standard InChI is InChI=1S/C16H31NO2/c1-4-6-8-16(3,9-7-5-2)14-15(18)17-10-12-19-13-11-17/h4-14H2,1-3H3. The minimum Gasteiger partial charge on any atom is -0.378 e. The van der Waals surface area contributed by atoms with Crippen molar-refractivity contribution in [3.05, 3.63) is 0 Å².